The van der Waals surface area contributed by atoms with Gasteiger partial charge in [0.1, 0.15) is 0 Å². The molecule has 1 saturated heterocycles. The van der Waals surface area contributed by atoms with Crippen LogP contribution in [0.4, 0.5) is 0 Å². The molecule has 0 radical (unpaired) electrons. The van der Waals surface area contributed by atoms with Crippen molar-refractivity contribution in [1.29, 1.82) is 0 Å². The molecule has 4 atom stereocenters. The maximum absolute atomic E-state index is 3.59. The summed E-state index contributed by atoms with van der Waals surface area (Å²) in [5.74, 6) is 2.87. The fourth-order valence-electron chi connectivity index (χ4n) is 4.36. The van der Waals surface area contributed by atoms with E-state index >= 15 is 0 Å². The molecule has 2 fully saturated rings. The highest BCUT2D eigenvalue weighted by Crippen LogP contribution is 2.33. The van der Waals surface area contributed by atoms with Gasteiger partial charge in [-0.25, -0.2) is 0 Å². The summed E-state index contributed by atoms with van der Waals surface area (Å²) in [5.41, 5.74) is 0. The van der Waals surface area contributed by atoms with Crippen LogP contribution < -0.4 is 5.32 Å². The zero-order valence-electron chi connectivity index (χ0n) is 13.3. The lowest BCUT2D eigenvalue weighted by Gasteiger charge is -2.38. The Hall–Kier alpha value is -0.0800. The number of likely N-dealkylation sites (tertiary alicyclic amines) is 1. The normalized spacial score (nSPS) is 36.8. The highest BCUT2D eigenvalue weighted by molar-refractivity contribution is 4.87. The standard InChI is InChI=1S/C17H34N2/c1-4-6-15-7-8-17(18-3)16(11-15)13-19-10-9-14(5-2)12-19/h14-18H,4-13H2,1-3H3. The monoisotopic (exact) mass is 266 g/mol. The quantitative estimate of drug-likeness (QED) is 0.791. The van der Waals surface area contributed by atoms with Crippen LogP contribution in [0.2, 0.25) is 0 Å². The van der Waals surface area contributed by atoms with E-state index in [2.05, 4.69) is 31.1 Å². The Balaban J connectivity index is 1.84. The summed E-state index contributed by atoms with van der Waals surface area (Å²) in [6, 6.07) is 0.772. The van der Waals surface area contributed by atoms with Gasteiger partial charge in [0.15, 0.2) is 0 Å². The molecule has 4 unspecified atom stereocenters. The summed E-state index contributed by atoms with van der Waals surface area (Å²) in [4.78, 5) is 2.75. The molecule has 0 aromatic heterocycles. The highest BCUT2D eigenvalue weighted by atomic mass is 15.2. The summed E-state index contributed by atoms with van der Waals surface area (Å²) in [5, 5.41) is 3.59. The zero-order valence-corrected chi connectivity index (χ0v) is 13.3. The lowest BCUT2D eigenvalue weighted by molar-refractivity contribution is 0.151. The molecule has 112 valence electrons. The fourth-order valence-corrected chi connectivity index (χ4v) is 4.36. The van der Waals surface area contributed by atoms with Gasteiger partial charge in [-0.15, -0.1) is 0 Å². The summed E-state index contributed by atoms with van der Waals surface area (Å²) >= 11 is 0. The minimum Gasteiger partial charge on any atom is -0.317 e. The molecule has 0 amide bonds. The van der Waals surface area contributed by atoms with Crippen LogP contribution in [0, 0.1) is 17.8 Å². The first-order chi connectivity index (χ1) is 9.26. The van der Waals surface area contributed by atoms with E-state index in [-0.39, 0.29) is 0 Å². The Morgan fingerprint density at radius 3 is 2.58 bits per heavy atom. The average molecular weight is 266 g/mol. The first-order valence-electron chi connectivity index (χ1n) is 8.66. The minimum atomic E-state index is 0.772. The van der Waals surface area contributed by atoms with Crippen molar-refractivity contribution < 1.29 is 0 Å². The molecular weight excluding hydrogens is 232 g/mol. The molecule has 0 spiro atoms. The molecule has 1 saturated carbocycles. The van der Waals surface area contributed by atoms with Gasteiger partial charge in [0.25, 0.3) is 0 Å². The van der Waals surface area contributed by atoms with Gasteiger partial charge >= 0.3 is 0 Å². The molecule has 1 aliphatic heterocycles. The first-order valence-corrected chi connectivity index (χ1v) is 8.66. The predicted octanol–water partition coefficient (Wildman–Crippen LogP) is 3.52. The second-order valence-corrected chi connectivity index (χ2v) is 6.95. The van der Waals surface area contributed by atoms with E-state index in [0.29, 0.717) is 0 Å². The SMILES string of the molecule is CCCC1CCC(NC)C(CN2CCC(CC)C2)C1. The molecule has 1 N–H and O–H groups in total. The van der Waals surface area contributed by atoms with Crippen molar-refractivity contribution in [3.63, 3.8) is 0 Å². The van der Waals surface area contributed by atoms with Crippen LogP contribution in [0.5, 0.6) is 0 Å². The minimum absolute atomic E-state index is 0.772. The molecule has 1 heterocycles. The van der Waals surface area contributed by atoms with Crippen molar-refractivity contribution in [2.45, 2.75) is 64.8 Å². The zero-order chi connectivity index (χ0) is 13.7. The number of nitrogens with zero attached hydrogens (tertiary/aromatic N) is 1. The number of nitrogens with one attached hydrogen (secondary N) is 1. The van der Waals surface area contributed by atoms with Crippen LogP contribution in [0.1, 0.15) is 58.8 Å². The lowest BCUT2D eigenvalue weighted by atomic mass is 9.76. The van der Waals surface area contributed by atoms with Crippen LogP contribution in [0.15, 0.2) is 0 Å². The third-order valence-electron chi connectivity index (χ3n) is 5.60. The van der Waals surface area contributed by atoms with E-state index in [1.165, 1.54) is 64.6 Å². The maximum Gasteiger partial charge on any atom is 0.0105 e. The van der Waals surface area contributed by atoms with E-state index < -0.39 is 0 Å². The second-order valence-electron chi connectivity index (χ2n) is 6.95. The van der Waals surface area contributed by atoms with Gasteiger partial charge in [0, 0.05) is 19.1 Å². The van der Waals surface area contributed by atoms with Gasteiger partial charge in [0.05, 0.1) is 0 Å². The van der Waals surface area contributed by atoms with E-state index in [4.69, 9.17) is 0 Å². The van der Waals surface area contributed by atoms with Gasteiger partial charge < -0.3 is 10.2 Å². The van der Waals surface area contributed by atoms with Gasteiger partial charge in [-0.1, -0.05) is 33.1 Å². The van der Waals surface area contributed by atoms with Crippen molar-refractivity contribution in [2.75, 3.05) is 26.7 Å². The molecule has 2 rings (SSSR count). The van der Waals surface area contributed by atoms with Crippen molar-refractivity contribution >= 4 is 0 Å². The first kappa shape index (κ1) is 15.3. The second kappa shape index (κ2) is 7.64. The Labute approximate surface area is 120 Å². The molecule has 1 aliphatic carbocycles. The summed E-state index contributed by atoms with van der Waals surface area (Å²) in [7, 11) is 2.16. The van der Waals surface area contributed by atoms with E-state index in [9.17, 15) is 0 Å². The van der Waals surface area contributed by atoms with Gasteiger partial charge in [-0.3, -0.25) is 0 Å². The molecule has 2 nitrogen and oxygen atoms in total. The Bertz CT molecular complexity index is 254. The Morgan fingerprint density at radius 1 is 1.11 bits per heavy atom. The third kappa shape index (κ3) is 4.19. The Kier molecular flexibility index (Phi) is 6.15. The van der Waals surface area contributed by atoms with E-state index in [1.807, 2.05) is 0 Å². The van der Waals surface area contributed by atoms with E-state index in [0.717, 1.165) is 23.8 Å². The largest absolute Gasteiger partial charge is 0.317 e. The van der Waals surface area contributed by atoms with E-state index in [1.54, 1.807) is 0 Å². The number of hydrogen-bond acceptors (Lipinski definition) is 2. The fraction of sp³-hybridized carbons (Fsp3) is 1.00. The van der Waals surface area contributed by atoms with Crippen LogP contribution in [0.3, 0.4) is 0 Å². The van der Waals surface area contributed by atoms with Crippen LogP contribution >= 0.6 is 0 Å². The van der Waals surface area contributed by atoms with Crippen LogP contribution in [0.25, 0.3) is 0 Å². The van der Waals surface area contributed by atoms with Gasteiger partial charge in [-0.2, -0.15) is 0 Å². The van der Waals surface area contributed by atoms with Crippen molar-refractivity contribution in [3.05, 3.63) is 0 Å². The smallest absolute Gasteiger partial charge is 0.0105 e. The molecule has 19 heavy (non-hydrogen) atoms. The summed E-state index contributed by atoms with van der Waals surface area (Å²) < 4.78 is 0. The van der Waals surface area contributed by atoms with Crippen molar-refractivity contribution in [1.82, 2.24) is 10.2 Å². The summed E-state index contributed by atoms with van der Waals surface area (Å²) in [6.07, 6.45) is 9.94. The van der Waals surface area contributed by atoms with Gasteiger partial charge in [0.2, 0.25) is 0 Å². The number of rotatable bonds is 6. The molecular formula is C17H34N2. The maximum atomic E-state index is 3.59. The van der Waals surface area contributed by atoms with Crippen molar-refractivity contribution in [2.24, 2.45) is 17.8 Å². The lowest BCUT2D eigenvalue weighted by Crippen LogP contribution is -2.44. The highest BCUT2D eigenvalue weighted by Gasteiger charge is 2.32. The third-order valence-corrected chi connectivity index (χ3v) is 5.60. The predicted molar refractivity (Wildman–Crippen MR) is 83.4 cm³/mol. The van der Waals surface area contributed by atoms with Gasteiger partial charge in [-0.05, 0) is 57.0 Å². The molecule has 0 aromatic rings. The summed E-state index contributed by atoms with van der Waals surface area (Å²) in [6.45, 7) is 8.75. The number of hydrogen-bond donors (Lipinski definition) is 1. The molecule has 2 heteroatoms. The average Bonchev–Trinajstić information content (AvgIpc) is 2.87. The Morgan fingerprint density at radius 2 is 1.95 bits per heavy atom. The molecule has 0 bridgehead atoms. The molecule has 0 aromatic carbocycles. The van der Waals surface area contributed by atoms with Crippen LogP contribution in [-0.2, 0) is 0 Å². The van der Waals surface area contributed by atoms with Crippen LogP contribution in [-0.4, -0.2) is 37.6 Å². The van der Waals surface area contributed by atoms with Crippen molar-refractivity contribution in [3.8, 4) is 0 Å². The molecule has 2 aliphatic rings. The topological polar surface area (TPSA) is 15.3 Å².